The van der Waals surface area contributed by atoms with E-state index in [0.717, 1.165) is 33.6 Å². The lowest BCUT2D eigenvalue weighted by Gasteiger charge is -2.11. The predicted octanol–water partition coefficient (Wildman–Crippen LogP) is 8.70. The van der Waals surface area contributed by atoms with Crippen molar-refractivity contribution in [2.75, 3.05) is 0 Å². The summed E-state index contributed by atoms with van der Waals surface area (Å²) in [7, 11) is 0. The topological polar surface area (TPSA) is 12.9 Å². The molecule has 1 aromatic heterocycles. The molecular formula is C23H13Cl4N. The van der Waals surface area contributed by atoms with Crippen LogP contribution in [0.3, 0.4) is 0 Å². The first-order chi connectivity index (χ1) is 13.5. The summed E-state index contributed by atoms with van der Waals surface area (Å²) in [6.45, 7) is 0. The van der Waals surface area contributed by atoms with Crippen molar-refractivity contribution in [3.05, 3.63) is 99.0 Å². The highest BCUT2D eigenvalue weighted by atomic mass is 35.5. The second-order valence-electron chi connectivity index (χ2n) is 6.25. The van der Waals surface area contributed by atoms with Crippen LogP contribution in [0.5, 0.6) is 0 Å². The van der Waals surface area contributed by atoms with Gasteiger partial charge in [0, 0.05) is 11.1 Å². The molecule has 0 aliphatic carbocycles. The highest BCUT2D eigenvalue weighted by Gasteiger charge is 2.11. The number of nitrogens with zero attached hydrogens (tertiary/aromatic N) is 1. The Morgan fingerprint density at radius 1 is 0.429 bits per heavy atom. The summed E-state index contributed by atoms with van der Waals surface area (Å²) in [5.74, 6) is 0. The molecule has 3 aromatic carbocycles. The standard InChI is InChI=1S/C23H13Cl4N/c24-18-8-6-15(10-20(18)26)22-12-17(14-4-2-1-3-5-14)13-23(28-22)16-7-9-19(25)21(27)11-16/h1-13H. The normalized spacial score (nSPS) is 10.9. The predicted molar refractivity (Wildman–Crippen MR) is 121 cm³/mol. The fourth-order valence-electron chi connectivity index (χ4n) is 2.93. The molecule has 1 heterocycles. The van der Waals surface area contributed by atoms with Crippen molar-refractivity contribution < 1.29 is 0 Å². The molecule has 138 valence electrons. The van der Waals surface area contributed by atoms with Crippen molar-refractivity contribution in [3.8, 4) is 33.6 Å². The fourth-order valence-corrected chi connectivity index (χ4v) is 3.53. The fraction of sp³-hybridized carbons (Fsp3) is 0. The van der Waals surface area contributed by atoms with Gasteiger partial charge in [0.25, 0.3) is 0 Å². The molecule has 0 unspecified atom stereocenters. The maximum atomic E-state index is 6.22. The smallest absolute Gasteiger partial charge is 0.0716 e. The summed E-state index contributed by atoms with van der Waals surface area (Å²) >= 11 is 24.6. The van der Waals surface area contributed by atoms with E-state index in [9.17, 15) is 0 Å². The van der Waals surface area contributed by atoms with Crippen LogP contribution in [0, 0.1) is 0 Å². The minimum absolute atomic E-state index is 0.488. The molecule has 4 rings (SSSR count). The number of benzene rings is 3. The first kappa shape index (κ1) is 19.3. The van der Waals surface area contributed by atoms with Crippen LogP contribution in [0.1, 0.15) is 0 Å². The zero-order chi connectivity index (χ0) is 19.7. The zero-order valence-corrected chi connectivity index (χ0v) is 17.5. The Morgan fingerprint density at radius 2 is 0.929 bits per heavy atom. The van der Waals surface area contributed by atoms with Crippen LogP contribution < -0.4 is 0 Å². The highest BCUT2D eigenvalue weighted by molar-refractivity contribution is 6.42. The SMILES string of the molecule is Clc1ccc(-c2cc(-c3ccccc3)cc(-c3ccc(Cl)c(Cl)c3)n2)cc1Cl. The summed E-state index contributed by atoms with van der Waals surface area (Å²) in [6.07, 6.45) is 0. The average Bonchev–Trinajstić information content (AvgIpc) is 2.72. The Morgan fingerprint density at radius 3 is 1.39 bits per heavy atom. The van der Waals surface area contributed by atoms with Crippen molar-refractivity contribution >= 4 is 46.4 Å². The van der Waals surface area contributed by atoms with Gasteiger partial charge in [-0.1, -0.05) is 88.9 Å². The first-order valence-corrected chi connectivity index (χ1v) is 10.0. The van der Waals surface area contributed by atoms with Crippen LogP contribution in [0.25, 0.3) is 33.6 Å². The lowest BCUT2D eigenvalue weighted by molar-refractivity contribution is 1.32. The van der Waals surface area contributed by atoms with E-state index in [1.807, 2.05) is 54.6 Å². The molecule has 0 radical (unpaired) electrons. The molecule has 0 bridgehead atoms. The van der Waals surface area contributed by atoms with Gasteiger partial charge in [-0.25, -0.2) is 4.98 Å². The molecule has 0 fully saturated rings. The maximum Gasteiger partial charge on any atom is 0.0716 e. The van der Waals surface area contributed by atoms with E-state index in [1.165, 1.54) is 0 Å². The third-order valence-corrected chi connectivity index (χ3v) is 5.84. The van der Waals surface area contributed by atoms with Crippen LogP contribution >= 0.6 is 46.4 Å². The van der Waals surface area contributed by atoms with Gasteiger partial charge in [-0.2, -0.15) is 0 Å². The van der Waals surface area contributed by atoms with E-state index in [0.29, 0.717) is 20.1 Å². The number of aromatic nitrogens is 1. The molecule has 0 amide bonds. The Bertz CT molecular complexity index is 1090. The number of halogens is 4. The molecule has 0 saturated heterocycles. The van der Waals surface area contributed by atoms with Crippen molar-refractivity contribution in [2.24, 2.45) is 0 Å². The van der Waals surface area contributed by atoms with Gasteiger partial charge in [0.2, 0.25) is 0 Å². The van der Waals surface area contributed by atoms with E-state index in [4.69, 9.17) is 51.4 Å². The van der Waals surface area contributed by atoms with Gasteiger partial charge >= 0.3 is 0 Å². The minimum Gasteiger partial charge on any atom is -0.248 e. The summed E-state index contributed by atoms with van der Waals surface area (Å²) in [5.41, 5.74) is 5.48. The Kier molecular flexibility index (Phi) is 5.61. The quantitative estimate of drug-likeness (QED) is 0.307. The van der Waals surface area contributed by atoms with E-state index in [2.05, 4.69) is 12.1 Å². The van der Waals surface area contributed by atoms with Gasteiger partial charge in [0.05, 0.1) is 31.5 Å². The van der Waals surface area contributed by atoms with Gasteiger partial charge < -0.3 is 0 Å². The van der Waals surface area contributed by atoms with Crippen LogP contribution in [0.15, 0.2) is 78.9 Å². The first-order valence-electron chi connectivity index (χ1n) is 8.49. The molecule has 0 N–H and O–H groups in total. The van der Waals surface area contributed by atoms with E-state index < -0.39 is 0 Å². The molecule has 0 aliphatic heterocycles. The monoisotopic (exact) mass is 443 g/mol. The molecule has 0 saturated carbocycles. The second kappa shape index (κ2) is 8.14. The van der Waals surface area contributed by atoms with Crippen molar-refractivity contribution in [3.63, 3.8) is 0 Å². The van der Waals surface area contributed by atoms with Crippen LogP contribution in [0.2, 0.25) is 20.1 Å². The Labute approximate surface area is 183 Å². The van der Waals surface area contributed by atoms with E-state index in [-0.39, 0.29) is 0 Å². The molecule has 0 atom stereocenters. The van der Waals surface area contributed by atoms with Gasteiger partial charge in [-0.05, 0) is 47.5 Å². The Balaban J connectivity index is 1.92. The largest absolute Gasteiger partial charge is 0.248 e. The van der Waals surface area contributed by atoms with Gasteiger partial charge in [-0.3, -0.25) is 0 Å². The summed E-state index contributed by atoms with van der Waals surface area (Å²) < 4.78 is 0. The zero-order valence-electron chi connectivity index (χ0n) is 14.5. The number of hydrogen-bond acceptors (Lipinski definition) is 1. The number of hydrogen-bond donors (Lipinski definition) is 0. The summed E-state index contributed by atoms with van der Waals surface area (Å²) in [6, 6.07) is 25.2. The summed E-state index contributed by atoms with van der Waals surface area (Å²) in [5, 5.41) is 1.99. The number of rotatable bonds is 3. The van der Waals surface area contributed by atoms with E-state index in [1.54, 1.807) is 12.1 Å². The summed E-state index contributed by atoms with van der Waals surface area (Å²) in [4.78, 5) is 4.84. The molecule has 0 aliphatic rings. The minimum atomic E-state index is 0.488. The van der Waals surface area contributed by atoms with Crippen LogP contribution in [-0.4, -0.2) is 4.98 Å². The average molecular weight is 445 g/mol. The molecule has 28 heavy (non-hydrogen) atoms. The second-order valence-corrected chi connectivity index (χ2v) is 7.88. The Hall–Kier alpha value is -2.03. The maximum absolute atomic E-state index is 6.22. The molecule has 4 aromatic rings. The van der Waals surface area contributed by atoms with E-state index >= 15 is 0 Å². The van der Waals surface area contributed by atoms with Gasteiger partial charge in [0.15, 0.2) is 0 Å². The third kappa shape index (κ3) is 4.04. The molecule has 5 heteroatoms. The van der Waals surface area contributed by atoms with Gasteiger partial charge in [-0.15, -0.1) is 0 Å². The molecular weight excluding hydrogens is 432 g/mol. The van der Waals surface area contributed by atoms with Crippen molar-refractivity contribution in [2.45, 2.75) is 0 Å². The van der Waals surface area contributed by atoms with Crippen molar-refractivity contribution in [1.29, 1.82) is 0 Å². The lowest BCUT2D eigenvalue weighted by Crippen LogP contribution is -1.91. The van der Waals surface area contributed by atoms with Crippen molar-refractivity contribution in [1.82, 2.24) is 4.98 Å². The highest BCUT2D eigenvalue weighted by Crippen LogP contribution is 2.34. The van der Waals surface area contributed by atoms with Gasteiger partial charge in [0.1, 0.15) is 0 Å². The number of pyridine rings is 1. The van der Waals surface area contributed by atoms with Crippen LogP contribution in [0.4, 0.5) is 0 Å². The molecule has 0 spiro atoms. The molecule has 1 nitrogen and oxygen atoms in total. The van der Waals surface area contributed by atoms with Crippen LogP contribution in [-0.2, 0) is 0 Å². The lowest BCUT2D eigenvalue weighted by atomic mass is 10.00. The third-order valence-electron chi connectivity index (χ3n) is 4.36.